The summed E-state index contributed by atoms with van der Waals surface area (Å²) in [5, 5.41) is 4.81. The second-order valence-corrected chi connectivity index (χ2v) is 6.19. The quantitative estimate of drug-likeness (QED) is 0.800. The topological polar surface area (TPSA) is 26.2 Å². The number of benzene rings is 2. The van der Waals surface area contributed by atoms with E-state index in [2.05, 4.69) is 58.4 Å². The summed E-state index contributed by atoms with van der Waals surface area (Å²) in [7, 11) is 1.74. The van der Waals surface area contributed by atoms with Crippen molar-refractivity contribution in [1.82, 2.24) is 9.88 Å². The summed E-state index contributed by atoms with van der Waals surface area (Å²) in [6.45, 7) is 3.84. The zero-order valence-corrected chi connectivity index (χ0v) is 13.5. The molecule has 0 amide bonds. The van der Waals surface area contributed by atoms with Gasteiger partial charge in [0.1, 0.15) is 0 Å². The van der Waals surface area contributed by atoms with Crippen LogP contribution in [0, 0.1) is 0 Å². The van der Waals surface area contributed by atoms with Crippen molar-refractivity contribution in [3.63, 3.8) is 0 Å². The minimum Gasteiger partial charge on any atom is -0.380 e. The lowest BCUT2D eigenvalue weighted by atomic mass is 10.0. The standard InChI is InChI=1S/C20H22N2O/c1-23-14-15-3-2-4-16(11-15)17-5-6-20-18(12-17)13-19-7-8-21-9-10-22(19)20/h2-6,11-13,21H,7-10,14H2,1H3. The van der Waals surface area contributed by atoms with E-state index in [1.807, 2.05) is 0 Å². The van der Waals surface area contributed by atoms with Crippen molar-refractivity contribution in [2.24, 2.45) is 0 Å². The van der Waals surface area contributed by atoms with Gasteiger partial charge in [0.25, 0.3) is 0 Å². The van der Waals surface area contributed by atoms with Crippen molar-refractivity contribution in [3.8, 4) is 11.1 Å². The van der Waals surface area contributed by atoms with Gasteiger partial charge in [0, 0.05) is 49.8 Å². The van der Waals surface area contributed by atoms with Gasteiger partial charge in [-0.15, -0.1) is 0 Å². The third-order valence-corrected chi connectivity index (χ3v) is 4.63. The van der Waals surface area contributed by atoms with Gasteiger partial charge in [0.2, 0.25) is 0 Å². The van der Waals surface area contributed by atoms with Gasteiger partial charge in [0.05, 0.1) is 6.61 Å². The average molecular weight is 306 g/mol. The van der Waals surface area contributed by atoms with E-state index in [1.165, 1.54) is 33.3 Å². The molecule has 0 aliphatic carbocycles. The lowest BCUT2D eigenvalue weighted by molar-refractivity contribution is 0.185. The molecule has 3 nitrogen and oxygen atoms in total. The zero-order chi connectivity index (χ0) is 15.6. The van der Waals surface area contributed by atoms with Gasteiger partial charge in [-0.25, -0.2) is 0 Å². The number of ether oxygens (including phenoxy) is 1. The molecule has 3 heteroatoms. The van der Waals surface area contributed by atoms with Crippen molar-refractivity contribution < 1.29 is 4.74 Å². The molecule has 1 aliphatic rings. The first-order chi connectivity index (χ1) is 11.3. The first-order valence-corrected chi connectivity index (χ1v) is 8.26. The fourth-order valence-corrected chi connectivity index (χ4v) is 3.52. The number of fused-ring (bicyclic) bond motifs is 3. The van der Waals surface area contributed by atoms with Crippen molar-refractivity contribution in [2.75, 3.05) is 20.2 Å². The lowest BCUT2D eigenvalue weighted by Gasteiger charge is -2.08. The molecule has 0 bridgehead atoms. The van der Waals surface area contributed by atoms with E-state index in [9.17, 15) is 0 Å². The Labute approximate surface area is 136 Å². The molecule has 1 N–H and O–H groups in total. The molecule has 1 aromatic heterocycles. The van der Waals surface area contributed by atoms with E-state index in [0.717, 1.165) is 26.1 Å². The Bertz CT molecular complexity index is 835. The molecular formula is C20H22N2O. The number of hydrogen-bond donors (Lipinski definition) is 1. The monoisotopic (exact) mass is 306 g/mol. The number of rotatable bonds is 3. The van der Waals surface area contributed by atoms with Gasteiger partial charge in [-0.2, -0.15) is 0 Å². The predicted molar refractivity (Wildman–Crippen MR) is 94.7 cm³/mol. The molecule has 0 fully saturated rings. The van der Waals surface area contributed by atoms with Gasteiger partial charge < -0.3 is 14.6 Å². The van der Waals surface area contributed by atoms with Crippen LogP contribution < -0.4 is 5.32 Å². The summed E-state index contributed by atoms with van der Waals surface area (Å²) in [5.41, 5.74) is 6.53. The molecule has 0 radical (unpaired) electrons. The molecule has 3 aromatic rings. The molecule has 0 saturated heterocycles. The first kappa shape index (κ1) is 14.5. The highest BCUT2D eigenvalue weighted by atomic mass is 16.5. The highest BCUT2D eigenvalue weighted by Gasteiger charge is 2.12. The van der Waals surface area contributed by atoms with E-state index in [1.54, 1.807) is 7.11 Å². The Hall–Kier alpha value is -2.10. The summed E-state index contributed by atoms with van der Waals surface area (Å²) in [4.78, 5) is 0. The SMILES string of the molecule is COCc1cccc(-c2ccc3c(c2)cc2n3CCNCC2)c1. The summed E-state index contributed by atoms with van der Waals surface area (Å²) in [6, 6.07) is 17.8. The van der Waals surface area contributed by atoms with Gasteiger partial charge >= 0.3 is 0 Å². The molecule has 23 heavy (non-hydrogen) atoms. The van der Waals surface area contributed by atoms with Crippen LogP contribution in [0.2, 0.25) is 0 Å². The van der Waals surface area contributed by atoms with E-state index in [4.69, 9.17) is 4.74 Å². The second kappa shape index (κ2) is 6.19. The Kier molecular flexibility index (Phi) is 3.90. The molecule has 118 valence electrons. The van der Waals surface area contributed by atoms with Crippen LogP contribution in [0.1, 0.15) is 11.3 Å². The van der Waals surface area contributed by atoms with E-state index in [0.29, 0.717) is 6.61 Å². The number of methoxy groups -OCH3 is 1. The minimum atomic E-state index is 0.656. The molecule has 2 aromatic carbocycles. The first-order valence-electron chi connectivity index (χ1n) is 8.26. The van der Waals surface area contributed by atoms with Crippen LogP contribution >= 0.6 is 0 Å². The maximum atomic E-state index is 5.25. The summed E-state index contributed by atoms with van der Waals surface area (Å²) in [6.07, 6.45) is 1.10. The Morgan fingerprint density at radius 1 is 1.04 bits per heavy atom. The van der Waals surface area contributed by atoms with Crippen molar-refractivity contribution >= 4 is 10.9 Å². The number of hydrogen-bond acceptors (Lipinski definition) is 2. The average Bonchev–Trinajstić information content (AvgIpc) is 2.75. The fraction of sp³-hybridized carbons (Fsp3) is 0.300. The van der Waals surface area contributed by atoms with Gasteiger partial charge in [-0.05, 0) is 41.0 Å². The molecule has 0 spiro atoms. The molecule has 2 heterocycles. The maximum Gasteiger partial charge on any atom is 0.0713 e. The largest absolute Gasteiger partial charge is 0.380 e. The Morgan fingerprint density at radius 3 is 2.87 bits per heavy atom. The predicted octanol–water partition coefficient (Wildman–Crippen LogP) is 3.60. The number of nitrogens with one attached hydrogen (secondary N) is 1. The highest BCUT2D eigenvalue weighted by molar-refractivity contribution is 5.86. The summed E-state index contributed by atoms with van der Waals surface area (Å²) >= 11 is 0. The van der Waals surface area contributed by atoms with Crippen LogP contribution in [-0.2, 0) is 24.3 Å². The van der Waals surface area contributed by atoms with E-state index in [-0.39, 0.29) is 0 Å². The van der Waals surface area contributed by atoms with Crippen LogP contribution in [0.5, 0.6) is 0 Å². The molecule has 0 atom stereocenters. The Balaban J connectivity index is 1.76. The van der Waals surface area contributed by atoms with Crippen molar-refractivity contribution in [3.05, 3.63) is 59.8 Å². The minimum absolute atomic E-state index is 0.656. The Morgan fingerprint density at radius 2 is 1.96 bits per heavy atom. The smallest absolute Gasteiger partial charge is 0.0713 e. The fourth-order valence-electron chi connectivity index (χ4n) is 3.52. The van der Waals surface area contributed by atoms with Crippen LogP contribution in [0.4, 0.5) is 0 Å². The highest BCUT2D eigenvalue weighted by Crippen LogP contribution is 2.28. The molecule has 1 aliphatic heterocycles. The number of aromatic nitrogens is 1. The second-order valence-electron chi connectivity index (χ2n) is 6.19. The van der Waals surface area contributed by atoms with Crippen molar-refractivity contribution in [1.29, 1.82) is 0 Å². The van der Waals surface area contributed by atoms with E-state index < -0.39 is 0 Å². The third-order valence-electron chi connectivity index (χ3n) is 4.63. The molecule has 0 unspecified atom stereocenters. The van der Waals surface area contributed by atoms with Crippen LogP contribution in [0.25, 0.3) is 22.0 Å². The van der Waals surface area contributed by atoms with Gasteiger partial charge in [-0.3, -0.25) is 0 Å². The van der Waals surface area contributed by atoms with Crippen LogP contribution in [-0.4, -0.2) is 24.8 Å². The summed E-state index contributed by atoms with van der Waals surface area (Å²) in [5.74, 6) is 0. The maximum absolute atomic E-state index is 5.25. The number of nitrogens with zero attached hydrogens (tertiary/aromatic N) is 1. The third kappa shape index (κ3) is 2.78. The summed E-state index contributed by atoms with van der Waals surface area (Å²) < 4.78 is 7.71. The lowest BCUT2D eigenvalue weighted by Crippen LogP contribution is -2.17. The van der Waals surface area contributed by atoms with Gasteiger partial charge in [0.15, 0.2) is 0 Å². The molecular weight excluding hydrogens is 284 g/mol. The zero-order valence-electron chi connectivity index (χ0n) is 13.5. The van der Waals surface area contributed by atoms with Crippen molar-refractivity contribution in [2.45, 2.75) is 19.6 Å². The normalized spacial score (nSPS) is 14.7. The van der Waals surface area contributed by atoms with Crippen LogP contribution in [0.3, 0.4) is 0 Å². The van der Waals surface area contributed by atoms with E-state index >= 15 is 0 Å². The van der Waals surface area contributed by atoms with Crippen LogP contribution in [0.15, 0.2) is 48.5 Å². The molecule has 0 saturated carbocycles. The molecule has 4 rings (SSSR count). The van der Waals surface area contributed by atoms with Gasteiger partial charge in [-0.1, -0.05) is 24.3 Å².